The Bertz CT molecular complexity index is 573. The van der Waals surface area contributed by atoms with E-state index in [0.29, 0.717) is 5.92 Å². The summed E-state index contributed by atoms with van der Waals surface area (Å²) in [4.78, 5) is 14.5. The summed E-state index contributed by atoms with van der Waals surface area (Å²) in [6.07, 6.45) is 5.16. The Kier molecular flexibility index (Phi) is 2.13. The summed E-state index contributed by atoms with van der Waals surface area (Å²) in [5.41, 5.74) is 3.40. The lowest BCUT2D eigenvalue weighted by Gasteiger charge is -2.11. The van der Waals surface area contributed by atoms with Gasteiger partial charge in [-0.15, -0.1) is 0 Å². The van der Waals surface area contributed by atoms with E-state index in [2.05, 4.69) is 11.1 Å². The van der Waals surface area contributed by atoms with Gasteiger partial charge in [0.1, 0.15) is 0 Å². The summed E-state index contributed by atoms with van der Waals surface area (Å²) in [6.45, 7) is 0. The molecule has 1 heterocycles. The highest BCUT2D eigenvalue weighted by Crippen LogP contribution is 2.36. The van der Waals surface area contributed by atoms with Crippen LogP contribution in [0.2, 0.25) is 0 Å². The second-order valence-corrected chi connectivity index (χ2v) is 4.71. The fourth-order valence-corrected chi connectivity index (χ4v) is 2.90. The molecule has 1 fully saturated rings. The second kappa shape index (κ2) is 3.51. The van der Waals surface area contributed by atoms with Gasteiger partial charge in [0.05, 0.1) is 11.0 Å². The number of benzene rings is 1. The number of aryl methyl sites for hydroxylation is 1. The second-order valence-electron chi connectivity index (χ2n) is 4.71. The Morgan fingerprint density at radius 2 is 2.06 bits per heavy atom. The predicted octanol–water partition coefficient (Wildman–Crippen LogP) is 2.52. The van der Waals surface area contributed by atoms with Gasteiger partial charge in [0.15, 0.2) is 0 Å². The van der Waals surface area contributed by atoms with Crippen molar-refractivity contribution >= 4 is 11.0 Å². The number of nitrogens with one attached hydrogen (secondary N) is 1. The highest BCUT2D eigenvalue weighted by atomic mass is 16.1. The van der Waals surface area contributed by atoms with Crippen molar-refractivity contribution in [2.75, 3.05) is 0 Å². The zero-order valence-corrected chi connectivity index (χ0v) is 9.49. The lowest BCUT2D eigenvalue weighted by atomic mass is 9.96. The van der Waals surface area contributed by atoms with Crippen LogP contribution in [0.5, 0.6) is 0 Å². The van der Waals surface area contributed by atoms with Crippen LogP contribution in [0.3, 0.4) is 0 Å². The third-order valence-corrected chi connectivity index (χ3v) is 3.74. The Labute approximate surface area is 94.1 Å². The molecule has 1 aliphatic rings. The molecule has 1 aliphatic carbocycles. The third-order valence-electron chi connectivity index (χ3n) is 3.74. The summed E-state index contributed by atoms with van der Waals surface area (Å²) in [6, 6.07) is 6.20. The molecule has 1 saturated carbocycles. The molecule has 3 nitrogen and oxygen atoms in total. The fourth-order valence-electron chi connectivity index (χ4n) is 2.90. The molecule has 0 spiro atoms. The molecule has 0 radical (unpaired) electrons. The van der Waals surface area contributed by atoms with Gasteiger partial charge in [-0.05, 0) is 30.4 Å². The van der Waals surface area contributed by atoms with Crippen molar-refractivity contribution in [3.63, 3.8) is 0 Å². The van der Waals surface area contributed by atoms with E-state index in [1.165, 1.54) is 31.2 Å². The van der Waals surface area contributed by atoms with Crippen LogP contribution in [0.25, 0.3) is 11.0 Å². The van der Waals surface area contributed by atoms with Crippen LogP contribution in [0.1, 0.15) is 37.2 Å². The van der Waals surface area contributed by atoms with Crippen molar-refractivity contribution < 1.29 is 0 Å². The summed E-state index contributed by atoms with van der Waals surface area (Å²) >= 11 is 0. The highest BCUT2D eigenvalue weighted by Gasteiger charge is 2.20. The van der Waals surface area contributed by atoms with Crippen LogP contribution >= 0.6 is 0 Å². The van der Waals surface area contributed by atoms with E-state index in [4.69, 9.17) is 0 Å². The molecule has 3 heteroatoms. The van der Waals surface area contributed by atoms with E-state index >= 15 is 0 Å². The normalized spacial score (nSPS) is 17.3. The first-order valence-corrected chi connectivity index (χ1v) is 5.95. The molecule has 0 saturated heterocycles. The summed E-state index contributed by atoms with van der Waals surface area (Å²) in [7, 11) is 1.85. The van der Waals surface area contributed by atoms with Crippen molar-refractivity contribution in [3.05, 3.63) is 34.2 Å². The number of nitrogens with zero attached hydrogens (tertiary/aromatic N) is 1. The molecule has 84 valence electrons. The summed E-state index contributed by atoms with van der Waals surface area (Å²) in [5, 5.41) is 0. The van der Waals surface area contributed by atoms with Crippen molar-refractivity contribution in [2.24, 2.45) is 7.05 Å². The van der Waals surface area contributed by atoms with Crippen molar-refractivity contribution in [3.8, 4) is 0 Å². The maximum absolute atomic E-state index is 11.6. The molecule has 16 heavy (non-hydrogen) atoms. The first-order chi connectivity index (χ1) is 7.77. The fraction of sp³-hybridized carbons (Fsp3) is 0.462. The number of para-hydroxylation sites is 1. The highest BCUT2D eigenvalue weighted by molar-refractivity contribution is 5.79. The Morgan fingerprint density at radius 1 is 1.31 bits per heavy atom. The van der Waals surface area contributed by atoms with Crippen LogP contribution < -0.4 is 5.69 Å². The topological polar surface area (TPSA) is 37.8 Å². The number of H-pyrrole nitrogens is 1. The SMILES string of the molecule is Cn1c(=O)[nH]c2cccc(C3CCCC3)c21. The van der Waals surface area contributed by atoms with E-state index in [1.54, 1.807) is 4.57 Å². The van der Waals surface area contributed by atoms with E-state index in [1.807, 2.05) is 19.2 Å². The van der Waals surface area contributed by atoms with Crippen LogP contribution in [0, 0.1) is 0 Å². The minimum Gasteiger partial charge on any atom is -0.306 e. The molecule has 0 bridgehead atoms. The van der Waals surface area contributed by atoms with Crippen LogP contribution in [0.4, 0.5) is 0 Å². The van der Waals surface area contributed by atoms with Crippen molar-refractivity contribution in [1.29, 1.82) is 0 Å². The Morgan fingerprint density at radius 3 is 2.81 bits per heavy atom. The van der Waals surface area contributed by atoms with Gasteiger partial charge in [0, 0.05) is 7.05 Å². The van der Waals surface area contributed by atoms with Gasteiger partial charge in [-0.2, -0.15) is 0 Å². The van der Waals surface area contributed by atoms with Gasteiger partial charge < -0.3 is 4.98 Å². The predicted molar refractivity (Wildman–Crippen MR) is 64.7 cm³/mol. The lowest BCUT2D eigenvalue weighted by Crippen LogP contribution is -2.12. The molecular formula is C13H16N2O. The average molecular weight is 216 g/mol. The van der Waals surface area contributed by atoms with Gasteiger partial charge in [0.25, 0.3) is 0 Å². The molecular weight excluding hydrogens is 200 g/mol. The van der Waals surface area contributed by atoms with Gasteiger partial charge in [-0.3, -0.25) is 4.57 Å². The van der Waals surface area contributed by atoms with E-state index in [0.717, 1.165) is 11.0 Å². The smallest absolute Gasteiger partial charge is 0.306 e. The van der Waals surface area contributed by atoms with Gasteiger partial charge >= 0.3 is 5.69 Å². The van der Waals surface area contributed by atoms with Gasteiger partial charge in [-0.1, -0.05) is 25.0 Å². The number of aromatic amines is 1. The number of aromatic nitrogens is 2. The Hall–Kier alpha value is -1.51. The third kappa shape index (κ3) is 1.31. The molecule has 3 rings (SSSR count). The molecule has 1 N–H and O–H groups in total. The molecule has 0 unspecified atom stereocenters. The minimum atomic E-state index is -0.0135. The number of hydrogen-bond donors (Lipinski definition) is 1. The number of hydrogen-bond acceptors (Lipinski definition) is 1. The van der Waals surface area contributed by atoms with Crippen molar-refractivity contribution in [1.82, 2.24) is 9.55 Å². The van der Waals surface area contributed by atoms with Gasteiger partial charge in [-0.25, -0.2) is 4.79 Å². The van der Waals surface area contributed by atoms with Crippen LogP contribution in [-0.4, -0.2) is 9.55 Å². The van der Waals surface area contributed by atoms with Crippen molar-refractivity contribution in [2.45, 2.75) is 31.6 Å². The average Bonchev–Trinajstić information content (AvgIpc) is 2.88. The monoisotopic (exact) mass is 216 g/mol. The zero-order chi connectivity index (χ0) is 11.1. The molecule has 1 aromatic carbocycles. The number of rotatable bonds is 1. The largest absolute Gasteiger partial charge is 0.326 e. The lowest BCUT2D eigenvalue weighted by molar-refractivity contribution is 0.722. The first kappa shape index (κ1) is 9.70. The number of imidazole rings is 1. The number of fused-ring (bicyclic) bond motifs is 1. The quantitative estimate of drug-likeness (QED) is 0.781. The maximum Gasteiger partial charge on any atom is 0.326 e. The zero-order valence-electron chi connectivity index (χ0n) is 9.49. The van der Waals surface area contributed by atoms with Gasteiger partial charge in [0.2, 0.25) is 0 Å². The first-order valence-electron chi connectivity index (χ1n) is 5.95. The van der Waals surface area contributed by atoms with Crippen LogP contribution in [-0.2, 0) is 7.05 Å². The molecule has 2 aromatic rings. The molecule has 0 aliphatic heterocycles. The Balaban J connectivity index is 2.27. The maximum atomic E-state index is 11.6. The van der Waals surface area contributed by atoms with E-state index in [9.17, 15) is 4.79 Å². The minimum absolute atomic E-state index is 0.0135. The summed E-state index contributed by atoms with van der Waals surface area (Å²) < 4.78 is 1.74. The standard InChI is InChI=1S/C13H16N2O/c1-15-12-10(9-5-2-3-6-9)7-4-8-11(12)14-13(15)16/h4,7-9H,2-3,5-6H2,1H3,(H,14,16). The van der Waals surface area contributed by atoms with E-state index in [-0.39, 0.29) is 5.69 Å². The molecule has 0 atom stereocenters. The molecule has 1 aromatic heterocycles. The van der Waals surface area contributed by atoms with E-state index < -0.39 is 0 Å². The summed E-state index contributed by atoms with van der Waals surface area (Å²) in [5.74, 6) is 0.644. The molecule has 0 amide bonds. The van der Waals surface area contributed by atoms with Crippen LogP contribution in [0.15, 0.2) is 23.0 Å².